The number of benzene rings is 2. The van der Waals surface area contributed by atoms with Gasteiger partial charge in [0.25, 0.3) is 5.91 Å². The Kier molecular flexibility index (Phi) is 7.94. The molecule has 2 heterocycles. The lowest BCUT2D eigenvalue weighted by Crippen LogP contribution is -2.44. The van der Waals surface area contributed by atoms with E-state index in [1.165, 1.54) is 5.56 Å². The molecule has 5 nitrogen and oxygen atoms in total. The highest BCUT2D eigenvalue weighted by atomic mass is 32.1. The van der Waals surface area contributed by atoms with Crippen LogP contribution in [0, 0.1) is 12.3 Å². The molecule has 1 fully saturated rings. The first-order chi connectivity index (χ1) is 16.6. The summed E-state index contributed by atoms with van der Waals surface area (Å²) in [6.45, 7) is 4.29. The van der Waals surface area contributed by atoms with Crippen molar-refractivity contribution >= 4 is 40.3 Å². The molecular weight excluding hydrogens is 460 g/mol. The molecule has 2 aromatic carbocycles. The monoisotopic (exact) mass is 488 g/mol. The van der Waals surface area contributed by atoms with E-state index in [2.05, 4.69) is 57.6 Å². The Balaban J connectivity index is 1.40. The minimum atomic E-state index is -0.183. The van der Waals surface area contributed by atoms with Gasteiger partial charge in [0.15, 0.2) is 5.11 Å². The van der Waals surface area contributed by atoms with Crippen LogP contribution < -0.4 is 10.6 Å². The average Bonchev–Trinajstić information content (AvgIpc) is 3.38. The first-order valence-corrected chi connectivity index (χ1v) is 12.8. The van der Waals surface area contributed by atoms with Crippen molar-refractivity contribution in [3.8, 4) is 23.5 Å². The molecule has 1 aliphatic heterocycles. The maximum Gasteiger partial charge on any atom is 0.275 e. The third kappa shape index (κ3) is 5.64. The Morgan fingerprint density at radius 3 is 2.65 bits per heavy atom. The number of rotatable bonds is 6. The highest BCUT2D eigenvalue weighted by Gasteiger charge is 2.25. The number of likely N-dealkylation sites (tertiary alicyclic amines) is 1. The number of nitrogens with one attached hydrogen (secondary N) is 2. The van der Waals surface area contributed by atoms with Crippen LogP contribution in [-0.2, 0) is 6.42 Å². The third-order valence-corrected chi connectivity index (χ3v) is 7.49. The number of amides is 1. The van der Waals surface area contributed by atoms with Crippen LogP contribution in [0.15, 0.2) is 53.9 Å². The predicted octanol–water partition coefficient (Wildman–Crippen LogP) is 5.31. The molecule has 3 aromatic rings. The first kappa shape index (κ1) is 23.9. The zero-order chi connectivity index (χ0) is 23.9. The second kappa shape index (κ2) is 11.3. The smallest absolute Gasteiger partial charge is 0.275 e. The second-order valence-corrected chi connectivity index (χ2v) is 9.52. The molecule has 0 atom stereocenters. The van der Waals surface area contributed by atoms with Gasteiger partial charge in [-0.15, -0.1) is 17.8 Å². The zero-order valence-corrected chi connectivity index (χ0v) is 20.8. The largest absolute Gasteiger partial charge is 0.352 e. The summed E-state index contributed by atoms with van der Waals surface area (Å²) in [4.78, 5) is 19.9. The van der Waals surface area contributed by atoms with Crippen molar-refractivity contribution in [2.45, 2.75) is 32.1 Å². The predicted molar refractivity (Wildman–Crippen MR) is 144 cm³/mol. The van der Waals surface area contributed by atoms with Gasteiger partial charge < -0.3 is 15.5 Å². The SMILES string of the molecule is C#CCNC(=S)N1CCC(c2nc(C(=O)Nc3ccccc3-c3ccc(CC)cc3)cs2)CC1. The number of anilines is 1. The number of carbonyl (C=O) groups is 1. The molecule has 1 amide bonds. The fourth-order valence-corrected chi connectivity index (χ4v) is 5.32. The van der Waals surface area contributed by atoms with Gasteiger partial charge in [-0.2, -0.15) is 0 Å². The number of thiazole rings is 1. The lowest BCUT2D eigenvalue weighted by molar-refractivity contribution is 0.102. The molecule has 0 saturated carbocycles. The maximum absolute atomic E-state index is 13.0. The summed E-state index contributed by atoms with van der Waals surface area (Å²) in [7, 11) is 0. The number of piperidine rings is 1. The molecule has 0 radical (unpaired) electrons. The topological polar surface area (TPSA) is 57.3 Å². The minimum absolute atomic E-state index is 0.183. The number of aryl methyl sites for hydroxylation is 1. The minimum Gasteiger partial charge on any atom is -0.352 e. The van der Waals surface area contributed by atoms with Gasteiger partial charge in [-0.05, 0) is 48.7 Å². The number of terminal acetylenes is 1. The van der Waals surface area contributed by atoms with E-state index in [0.29, 0.717) is 23.3 Å². The van der Waals surface area contributed by atoms with Crippen molar-refractivity contribution in [2.75, 3.05) is 25.0 Å². The molecule has 1 aromatic heterocycles. The molecule has 174 valence electrons. The van der Waals surface area contributed by atoms with E-state index in [1.807, 2.05) is 29.6 Å². The average molecular weight is 489 g/mol. The molecule has 2 N–H and O–H groups in total. The van der Waals surface area contributed by atoms with E-state index in [0.717, 1.165) is 54.2 Å². The lowest BCUT2D eigenvalue weighted by Gasteiger charge is -2.32. The molecule has 0 bridgehead atoms. The molecule has 4 rings (SSSR count). The Labute approximate surface area is 210 Å². The summed E-state index contributed by atoms with van der Waals surface area (Å²) in [6, 6.07) is 16.3. The molecule has 0 spiro atoms. The van der Waals surface area contributed by atoms with Gasteiger partial charge in [-0.1, -0.05) is 55.3 Å². The molecule has 7 heteroatoms. The fraction of sp³-hybridized carbons (Fsp3) is 0.296. The maximum atomic E-state index is 13.0. The second-order valence-electron chi connectivity index (χ2n) is 8.25. The highest BCUT2D eigenvalue weighted by molar-refractivity contribution is 7.80. The van der Waals surface area contributed by atoms with Crippen molar-refractivity contribution in [3.05, 3.63) is 70.2 Å². The Morgan fingerprint density at radius 2 is 1.94 bits per heavy atom. The Morgan fingerprint density at radius 1 is 1.21 bits per heavy atom. The third-order valence-electron chi connectivity index (χ3n) is 6.08. The standard InChI is InChI=1S/C27H28N4OS2/c1-3-15-28-27(33)31-16-13-21(14-17-31)26-30-24(18-34-26)25(32)29-23-8-6-5-7-22(23)20-11-9-19(4-2)10-12-20/h1,5-12,18,21H,4,13-17H2,2H3,(H,28,33)(H,29,32). The van der Waals surface area contributed by atoms with E-state index in [4.69, 9.17) is 18.6 Å². The quantitative estimate of drug-likeness (QED) is 0.364. The Bertz CT molecular complexity index is 1190. The van der Waals surface area contributed by atoms with Gasteiger partial charge in [0.2, 0.25) is 0 Å². The van der Waals surface area contributed by atoms with Gasteiger partial charge in [0.05, 0.1) is 11.6 Å². The number of nitrogens with zero attached hydrogens (tertiary/aromatic N) is 2. The van der Waals surface area contributed by atoms with E-state index in [1.54, 1.807) is 11.3 Å². The van der Waals surface area contributed by atoms with Crippen molar-refractivity contribution < 1.29 is 4.79 Å². The van der Waals surface area contributed by atoms with Crippen LogP contribution in [0.4, 0.5) is 5.69 Å². The van der Waals surface area contributed by atoms with Gasteiger partial charge in [-0.25, -0.2) is 4.98 Å². The summed E-state index contributed by atoms with van der Waals surface area (Å²) < 4.78 is 0. The van der Waals surface area contributed by atoms with Crippen molar-refractivity contribution in [1.29, 1.82) is 0 Å². The van der Waals surface area contributed by atoms with Crippen LogP contribution in [0.25, 0.3) is 11.1 Å². The van der Waals surface area contributed by atoms with Gasteiger partial charge in [0, 0.05) is 35.6 Å². The summed E-state index contributed by atoms with van der Waals surface area (Å²) >= 11 is 6.96. The van der Waals surface area contributed by atoms with Crippen LogP contribution in [-0.4, -0.2) is 40.5 Å². The molecule has 0 aliphatic carbocycles. The van der Waals surface area contributed by atoms with E-state index < -0.39 is 0 Å². The van der Waals surface area contributed by atoms with Gasteiger partial charge >= 0.3 is 0 Å². The molecular formula is C27H28N4OS2. The highest BCUT2D eigenvalue weighted by Crippen LogP contribution is 2.32. The number of hydrogen-bond donors (Lipinski definition) is 2. The number of hydrogen-bond acceptors (Lipinski definition) is 4. The van der Waals surface area contributed by atoms with Gasteiger partial charge in [0.1, 0.15) is 5.69 Å². The molecule has 1 aliphatic rings. The lowest BCUT2D eigenvalue weighted by atomic mass is 9.98. The molecule has 34 heavy (non-hydrogen) atoms. The summed E-state index contributed by atoms with van der Waals surface area (Å²) in [6.07, 6.45) is 8.19. The molecule has 1 saturated heterocycles. The van der Waals surface area contributed by atoms with Crippen LogP contribution in [0.5, 0.6) is 0 Å². The normalized spacial score (nSPS) is 13.8. The van der Waals surface area contributed by atoms with Crippen molar-refractivity contribution in [1.82, 2.24) is 15.2 Å². The van der Waals surface area contributed by atoms with Gasteiger partial charge in [-0.3, -0.25) is 4.79 Å². The van der Waals surface area contributed by atoms with Crippen LogP contribution in [0.1, 0.15) is 46.7 Å². The van der Waals surface area contributed by atoms with Crippen LogP contribution in [0.3, 0.4) is 0 Å². The number of aromatic nitrogens is 1. The number of carbonyl (C=O) groups excluding carboxylic acids is 1. The summed E-state index contributed by atoms with van der Waals surface area (Å²) in [5.74, 6) is 2.70. The summed E-state index contributed by atoms with van der Waals surface area (Å²) in [5.41, 5.74) is 4.61. The van der Waals surface area contributed by atoms with Crippen LogP contribution in [0.2, 0.25) is 0 Å². The van der Waals surface area contributed by atoms with E-state index in [9.17, 15) is 4.79 Å². The van der Waals surface area contributed by atoms with E-state index >= 15 is 0 Å². The van der Waals surface area contributed by atoms with E-state index in [-0.39, 0.29) is 5.91 Å². The summed E-state index contributed by atoms with van der Waals surface area (Å²) in [5, 5.41) is 9.72. The number of thiocarbonyl (C=S) groups is 1. The first-order valence-electron chi connectivity index (χ1n) is 11.5. The zero-order valence-electron chi connectivity index (χ0n) is 19.2. The molecule has 0 unspecified atom stereocenters. The number of para-hydroxylation sites is 1. The Hall–Kier alpha value is -3.21. The van der Waals surface area contributed by atoms with Crippen LogP contribution >= 0.6 is 23.6 Å². The van der Waals surface area contributed by atoms with Crippen molar-refractivity contribution in [2.24, 2.45) is 0 Å². The fourth-order valence-electron chi connectivity index (χ4n) is 4.10. The van der Waals surface area contributed by atoms with Crippen molar-refractivity contribution in [3.63, 3.8) is 0 Å².